The summed E-state index contributed by atoms with van der Waals surface area (Å²) in [5.41, 5.74) is 3.28. The van der Waals surface area contributed by atoms with E-state index in [2.05, 4.69) is 10.3 Å². The number of aromatic amines is 1. The van der Waals surface area contributed by atoms with Crippen LogP contribution in [0.3, 0.4) is 0 Å². The molecule has 0 fully saturated rings. The second kappa shape index (κ2) is 9.20. The van der Waals surface area contributed by atoms with Crippen LogP contribution in [-0.4, -0.2) is 41.7 Å². The molecule has 0 spiro atoms. The van der Waals surface area contributed by atoms with Crippen LogP contribution in [0, 0.1) is 5.92 Å². The number of rotatable bonds is 8. The number of carbonyl (C=O) groups is 2. The van der Waals surface area contributed by atoms with Crippen LogP contribution in [0.5, 0.6) is 0 Å². The van der Waals surface area contributed by atoms with Crippen LogP contribution in [0.2, 0.25) is 9.36 Å². The molecular formula is C22H22Cl2N2O4S. The molecule has 1 aliphatic rings. The van der Waals surface area contributed by atoms with Crippen molar-refractivity contribution in [1.82, 2.24) is 10.3 Å². The number of thiophene rings is 1. The molecule has 31 heavy (non-hydrogen) atoms. The van der Waals surface area contributed by atoms with Crippen molar-refractivity contribution in [3.63, 3.8) is 0 Å². The van der Waals surface area contributed by atoms with Gasteiger partial charge in [-0.1, -0.05) is 47.5 Å². The van der Waals surface area contributed by atoms with Crippen LogP contribution in [-0.2, 0) is 16.0 Å². The third kappa shape index (κ3) is 4.46. The Balaban J connectivity index is 1.61. The number of hydrogen-bond acceptors (Lipinski definition) is 4. The zero-order chi connectivity index (χ0) is 22.1. The number of benzene rings is 1. The van der Waals surface area contributed by atoms with E-state index in [-0.39, 0.29) is 30.2 Å². The van der Waals surface area contributed by atoms with E-state index in [1.54, 1.807) is 13.2 Å². The van der Waals surface area contributed by atoms with Crippen LogP contribution in [0.1, 0.15) is 40.4 Å². The summed E-state index contributed by atoms with van der Waals surface area (Å²) in [6.45, 7) is 0.462. The fraction of sp³-hybridized carbons (Fsp3) is 0.364. The van der Waals surface area contributed by atoms with E-state index in [1.807, 2.05) is 24.3 Å². The van der Waals surface area contributed by atoms with Crippen LogP contribution >= 0.6 is 34.5 Å². The monoisotopic (exact) mass is 480 g/mol. The molecule has 9 heteroatoms. The highest BCUT2D eigenvalue weighted by atomic mass is 35.5. The maximum Gasteiger partial charge on any atom is 0.303 e. The first-order valence-electron chi connectivity index (χ1n) is 9.95. The van der Waals surface area contributed by atoms with Gasteiger partial charge in [-0.2, -0.15) is 0 Å². The average Bonchev–Trinajstić information content (AvgIpc) is 3.38. The van der Waals surface area contributed by atoms with E-state index in [9.17, 15) is 14.7 Å². The van der Waals surface area contributed by atoms with Crippen molar-refractivity contribution in [2.75, 3.05) is 13.7 Å². The van der Waals surface area contributed by atoms with E-state index in [4.69, 9.17) is 27.9 Å². The lowest BCUT2D eigenvalue weighted by Crippen LogP contribution is -2.41. The van der Waals surface area contributed by atoms with E-state index >= 15 is 0 Å². The van der Waals surface area contributed by atoms with Gasteiger partial charge in [0, 0.05) is 32.1 Å². The van der Waals surface area contributed by atoms with Crippen molar-refractivity contribution in [1.29, 1.82) is 0 Å². The number of nitrogens with one attached hydrogen (secondary N) is 2. The third-order valence-electron chi connectivity index (χ3n) is 5.86. The summed E-state index contributed by atoms with van der Waals surface area (Å²) in [7, 11) is 1.61. The molecule has 0 radical (unpaired) electrons. The maximum atomic E-state index is 13.1. The molecule has 3 aromatic rings. The Morgan fingerprint density at radius 2 is 2.13 bits per heavy atom. The number of fused-ring (bicyclic) bond motifs is 2. The first kappa shape index (κ1) is 22.1. The van der Waals surface area contributed by atoms with Crippen molar-refractivity contribution in [2.45, 2.75) is 31.2 Å². The highest BCUT2D eigenvalue weighted by Gasteiger charge is 2.39. The lowest BCUT2D eigenvalue weighted by atomic mass is 9.80. The first-order valence-corrected chi connectivity index (χ1v) is 11.5. The number of carboxylic acids is 1. The van der Waals surface area contributed by atoms with Crippen molar-refractivity contribution in [2.24, 2.45) is 5.92 Å². The lowest BCUT2D eigenvalue weighted by Gasteiger charge is -2.29. The minimum absolute atomic E-state index is 0.0150. The minimum atomic E-state index is -0.855. The number of aliphatic carboxylic acids is 1. The summed E-state index contributed by atoms with van der Waals surface area (Å²) >= 11 is 13.6. The molecule has 4 rings (SSSR count). The summed E-state index contributed by atoms with van der Waals surface area (Å²) in [6.07, 6.45) is 1.26. The number of aromatic nitrogens is 1. The predicted molar refractivity (Wildman–Crippen MR) is 123 cm³/mol. The molecule has 3 N–H and O–H groups in total. The summed E-state index contributed by atoms with van der Waals surface area (Å²) in [5.74, 6) is -1.38. The van der Waals surface area contributed by atoms with Gasteiger partial charge in [0.1, 0.15) is 10.0 Å². The zero-order valence-electron chi connectivity index (χ0n) is 16.8. The topological polar surface area (TPSA) is 91.4 Å². The number of ether oxygens (including phenoxy) is 1. The van der Waals surface area contributed by atoms with Gasteiger partial charge in [0.25, 0.3) is 5.91 Å². The van der Waals surface area contributed by atoms with Crippen LogP contribution in [0.25, 0.3) is 10.2 Å². The van der Waals surface area contributed by atoms with Crippen LogP contribution in [0.4, 0.5) is 0 Å². The Morgan fingerprint density at radius 1 is 1.35 bits per heavy atom. The number of methoxy groups -OCH3 is 1. The third-order valence-corrected chi connectivity index (χ3v) is 7.79. The number of H-pyrrole nitrogens is 1. The van der Waals surface area contributed by atoms with E-state index < -0.39 is 5.97 Å². The number of halogens is 2. The van der Waals surface area contributed by atoms with E-state index in [0.717, 1.165) is 15.8 Å². The van der Waals surface area contributed by atoms with Gasteiger partial charge in [-0.15, -0.1) is 11.3 Å². The molecule has 1 aliphatic carbocycles. The largest absolute Gasteiger partial charge is 0.481 e. The van der Waals surface area contributed by atoms with Gasteiger partial charge in [0.05, 0.1) is 15.2 Å². The molecule has 2 heterocycles. The molecule has 2 aromatic heterocycles. The molecule has 1 aromatic carbocycles. The smallest absolute Gasteiger partial charge is 0.303 e. The normalized spacial score (nSPS) is 18.8. The van der Waals surface area contributed by atoms with Gasteiger partial charge in [-0.05, 0) is 36.0 Å². The Bertz CT molecular complexity index is 1130. The van der Waals surface area contributed by atoms with Gasteiger partial charge in [-0.25, -0.2) is 0 Å². The minimum Gasteiger partial charge on any atom is -0.481 e. The fourth-order valence-corrected chi connectivity index (χ4v) is 6.02. The summed E-state index contributed by atoms with van der Waals surface area (Å²) in [4.78, 5) is 27.7. The summed E-state index contributed by atoms with van der Waals surface area (Å²) in [6, 6.07) is 9.51. The predicted octanol–water partition coefficient (Wildman–Crippen LogP) is 5.10. The number of hydrogen-bond donors (Lipinski definition) is 3. The first-order chi connectivity index (χ1) is 14.9. The molecular weight excluding hydrogens is 459 g/mol. The molecule has 0 saturated heterocycles. The van der Waals surface area contributed by atoms with Gasteiger partial charge >= 0.3 is 5.97 Å². The van der Waals surface area contributed by atoms with E-state index in [0.29, 0.717) is 40.0 Å². The molecule has 0 unspecified atom stereocenters. The Labute approximate surface area is 193 Å². The molecule has 0 aliphatic heterocycles. The van der Waals surface area contributed by atoms with Gasteiger partial charge in [0.2, 0.25) is 0 Å². The SMILES string of the molecule is COCC[C@@H](CC(=O)O)[C@@H]1c2ccccc2C[C@H]1NC(=O)c1cc2sc(Cl)c(Cl)c2[nH]1. The summed E-state index contributed by atoms with van der Waals surface area (Å²) in [5, 5.41) is 13.0. The molecule has 1 amide bonds. The van der Waals surface area contributed by atoms with Crippen LogP contribution < -0.4 is 5.32 Å². The van der Waals surface area contributed by atoms with Gasteiger partial charge in [-0.3, -0.25) is 9.59 Å². The second-order valence-electron chi connectivity index (χ2n) is 7.76. The number of carboxylic acid groups (broad SMARTS) is 1. The fourth-order valence-electron chi connectivity index (χ4n) is 4.54. The molecule has 0 saturated carbocycles. The second-order valence-corrected chi connectivity index (χ2v) is 9.79. The highest BCUT2D eigenvalue weighted by molar-refractivity contribution is 7.23. The van der Waals surface area contributed by atoms with Crippen molar-refractivity contribution < 1.29 is 19.4 Å². The Morgan fingerprint density at radius 3 is 2.84 bits per heavy atom. The van der Waals surface area contributed by atoms with Crippen molar-refractivity contribution in [3.05, 3.63) is 56.5 Å². The van der Waals surface area contributed by atoms with Gasteiger partial charge in [0.15, 0.2) is 0 Å². The maximum absolute atomic E-state index is 13.1. The molecule has 164 valence electrons. The standard InChI is InChI=1S/C22H22Cl2N2O4S/c1-30-7-6-12(9-17(27)28)18-13-5-3-2-4-11(13)8-14(18)26-22(29)15-10-16-20(25-15)19(23)21(24)31-16/h2-5,10,12,14,18,25H,6-9H2,1H3,(H,26,29)(H,27,28)/t12-,14+,18+/m0/s1. The number of carbonyl (C=O) groups excluding carboxylic acids is 1. The Hall–Kier alpha value is -2.06. The lowest BCUT2D eigenvalue weighted by molar-refractivity contribution is -0.138. The number of amides is 1. The van der Waals surface area contributed by atoms with Crippen LogP contribution in [0.15, 0.2) is 30.3 Å². The Kier molecular flexibility index (Phi) is 6.57. The molecule has 0 bridgehead atoms. The van der Waals surface area contributed by atoms with E-state index in [1.165, 1.54) is 11.3 Å². The van der Waals surface area contributed by atoms with Crippen molar-refractivity contribution >= 4 is 56.6 Å². The molecule has 3 atom stereocenters. The average molecular weight is 481 g/mol. The van der Waals surface area contributed by atoms with Crippen molar-refractivity contribution in [3.8, 4) is 0 Å². The summed E-state index contributed by atoms with van der Waals surface area (Å²) < 4.78 is 6.52. The quantitative estimate of drug-likeness (QED) is 0.418. The highest BCUT2D eigenvalue weighted by Crippen LogP contribution is 2.42. The van der Waals surface area contributed by atoms with Gasteiger partial charge < -0.3 is 20.1 Å². The molecule has 6 nitrogen and oxygen atoms in total. The zero-order valence-corrected chi connectivity index (χ0v) is 19.1.